The first-order valence-electron chi connectivity index (χ1n) is 6.81. The second-order valence-electron chi connectivity index (χ2n) is 5.18. The topological polar surface area (TPSA) is 105 Å². The van der Waals surface area contributed by atoms with Crippen molar-refractivity contribution in [3.63, 3.8) is 0 Å². The summed E-state index contributed by atoms with van der Waals surface area (Å²) in [7, 11) is 0. The molecule has 3 atom stereocenters. The Hall–Kier alpha value is -1.93. The van der Waals surface area contributed by atoms with Crippen molar-refractivity contribution in [1.82, 2.24) is 14.6 Å². The van der Waals surface area contributed by atoms with Gasteiger partial charge in [-0.05, 0) is 13.3 Å². The Kier molecular flexibility index (Phi) is 4.29. The summed E-state index contributed by atoms with van der Waals surface area (Å²) >= 11 is 0. The highest BCUT2D eigenvalue weighted by Gasteiger charge is 2.40. The van der Waals surface area contributed by atoms with Crippen molar-refractivity contribution in [3.8, 4) is 0 Å². The smallest absolute Gasteiger partial charge is 0.330 e. The fourth-order valence-electron chi connectivity index (χ4n) is 2.54. The van der Waals surface area contributed by atoms with Crippen LogP contribution < -0.4 is 11.2 Å². The predicted octanol–water partition coefficient (Wildman–Crippen LogP) is 0.149. The van der Waals surface area contributed by atoms with Crippen molar-refractivity contribution in [1.29, 1.82) is 0 Å². The number of nitrogens with zero attached hydrogens (tertiary/aromatic N) is 2. The summed E-state index contributed by atoms with van der Waals surface area (Å²) in [6.45, 7) is 4.72. The van der Waals surface area contributed by atoms with Crippen LogP contribution in [0.2, 0.25) is 0 Å². The molecule has 8 heteroatoms. The van der Waals surface area contributed by atoms with Crippen LogP contribution in [0.4, 0.5) is 0 Å². The minimum atomic E-state index is -0.628. The van der Waals surface area contributed by atoms with Gasteiger partial charge in [0.2, 0.25) is 5.91 Å². The number of nitrogens with one attached hydrogen (secondary N) is 1. The molecule has 0 aliphatic carbocycles. The lowest BCUT2D eigenvalue weighted by molar-refractivity contribution is -0.178. The molecule has 1 amide bonds. The van der Waals surface area contributed by atoms with Gasteiger partial charge in [0.15, 0.2) is 0 Å². The van der Waals surface area contributed by atoms with Gasteiger partial charge in [-0.3, -0.25) is 24.3 Å². The number of hydrogen-bond donors (Lipinski definition) is 2. The summed E-state index contributed by atoms with van der Waals surface area (Å²) in [6, 6.07) is -0.517. The molecular formula is C13H19N3O5. The number of carbonyl (C=O) groups excluding carboxylic acids is 1. The van der Waals surface area contributed by atoms with Crippen LogP contribution in [0, 0.1) is 6.92 Å². The molecular weight excluding hydrogens is 278 g/mol. The number of aromatic nitrogens is 2. The van der Waals surface area contributed by atoms with Crippen LogP contribution in [0.25, 0.3) is 0 Å². The van der Waals surface area contributed by atoms with E-state index in [9.17, 15) is 19.6 Å². The number of hydrogen-bond acceptors (Lipinski definition) is 5. The molecule has 1 fully saturated rings. The Labute approximate surface area is 120 Å². The van der Waals surface area contributed by atoms with Crippen LogP contribution in [0.5, 0.6) is 0 Å². The van der Waals surface area contributed by atoms with Crippen molar-refractivity contribution in [3.05, 3.63) is 32.6 Å². The Balaban J connectivity index is 2.32. The minimum Gasteiger partial charge on any atom is -0.352 e. The van der Waals surface area contributed by atoms with E-state index in [4.69, 9.17) is 4.74 Å². The molecule has 116 valence electrons. The van der Waals surface area contributed by atoms with Crippen molar-refractivity contribution in [2.75, 3.05) is 0 Å². The van der Waals surface area contributed by atoms with E-state index in [1.807, 2.05) is 6.92 Å². The average molecular weight is 297 g/mol. The largest absolute Gasteiger partial charge is 0.352 e. The number of amides is 1. The van der Waals surface area contributed by atoms with E-state index in [1.165, 1.54) is 17.7 Å². The molecule has 21 heavy (non-hydrogen) atoms. The molecule has 0 saturated carbocycles. The Bertz CT molecular complexity index is 650. The van der Waals surface area contributed by atoms with Gasteiger partial charge >= 0.3 is 5.69 Å². The summed E-state index contributed by atoms with van der Waals surface area (Å²) < 4.78 is 7.03. The lowest BCUT2D eigenvalue weighted by atomic mass is 10.1. The first-order chi connectivity index (χ1) is 9.85. The number of hydroxylamine groups is 2. The molecule has 1 aromatic rings. The summed E-state index contributed by atoms with van der Waals surface area (Å²) in [4.78, 5) is 36.8. The first kappa shape index (κ1) is 15.5. The zero-order valence-corrected chi connectivity index (χ0v) is 12.2. The fourth-order valence-corrected chi connectivity index (χ4v) is 2.54. The van der Waals surface area contributed by atoms with E-state index >= 15 is 0 Å². The zero-order chi connectivity index (χ0) is 15.7. The number of H-pyrrole nitrogens is 1. The molecule has 0 aromatic carbocycles. The van der Waals surface area contributed by atoms with E-state index in [-0.39, 0.29) is 12.5 Å². The molecule has 1 aromatic heterocycles. The maximum absolute atomic E-state index is 11.9. The Morgan fingerprint density at radius 2 is 2.24 bits per heavy atom. The van der Waals surface area contributed by atoms with Crippen LogP contribution in [0.1, 0.15) is 38.5 Å². The maximum Gasteiger partial charge on any atom is 0.330 e. The fraction of sp³-hybridized carbons (Fsp3) is 0.615. The summed E-state index contributed by atoms with van der Waals surface area (Å²) in [6.07, 6.45) is 1.29. The number of aromatic amines is 1. The van der Waals surface area contributed by atoms with Gasteiger partial charge < -0.3 is 4.74 Å². The Morgan fingerprint density at radius 3 is 2.81 bits per heavy atom. The molecule has 1 aliphatic heterocycles. The second kappa shape index (κ2) is 5.82. The molecule has 0 bridgehead atoms. The van der Waals surface area contributed by atoms with E-state index < -0.39 is 29.4 Å². The van der Waals surface area contributed by atoms with E-state index in [0.717, 1.165) is 0 Å². The van der Waals surface area contributed by atoms with Gasteiger partial charge in [0.05, 0.1) is 12.1 Å². The van der Waals surface area contributed by atoms with Gasteiger partial charge in [0.1, 0.15) is 6.23 Å². The van der Waals surface area contributed by atoms with E-state index in [2.05, 4.69) is 4.98 Å². The molecule has 2 N–H and O–H groups in total. The second-order valence-corrected chi connectivity index (χ2v) is 5.18. The number of rotatable bonds is 3. The highest BCUT2D eigenvalue weighted by molar-refractivity contribution is 5.72. The molecule has 0 radical (unpaired) electrons. The highest BCUT2D eigenvalue weighted by atomic mass is 16.5. The third-order valence-electron chi connectivity index (χ3n) is 3.70. The molecule has 1 saturated heterocycles. The summed E-state index contributed by atoms with van der Waals surface area (Å²) in [5, 5.41) is 10.5. The third-order valence-corrected chi connectivity index (χ3v) is 3.70. The summed E-state index contributed by atoms with van der Waals surface area (Å²) in [5.74, 6) is -0.479. The molecule has 1 aliphatic rings. The van der Waals surface area contributed by atoms with Gasteiger partial charge in [-0.15, -0.1) is 0 Å². The molecule has 2 heterocycles. The molecule has 0 unspecified atom stereocenters. The summed E-state index contributed by atoms with van der Waals surface area (Å²) in [5.41, 5.74) is -0.620. The van der Waals surface area contributed by atoms with Crippen LogP contribution in [0.15, 0.2) is 15.8 Å². The molecule has 2 rings (SSSR count). The predicted molar refractivity (Wildman–Crippen MR) is 73.0 cm³/mol. The number of carbonyl (C=O) groups is 1. The maximum atomic E-state index is 11.9. The van der Waals surface area contributed by atoms with Gasteiger partial charge in [0, 0.05) is 25.1 Å². The number of aryl methyl sites for hydroxylation is 1. The van der Waals surface area contributed by atoms with Crippen molar-refractivity contribution >= 4 is 5.91 Å². The lowest BCUT2D eigenvalue weighted by Crippen LogP contribution is -2.41. The van der Waals surface area contributed by atoms with Crippen LogP contribution >= 0.6 is 0 Å². The van der Waals surface area contributed by atoms with Gasteiger partial charge in [-0.2, -0.15) is 0 Å². The van der Waals surface area contributed by atoms with Crippen molar-refractivity contribution in [2.24, 2.45) is 0 Å². The zero-order valence-electron chi connectivity index (χ0n) is 12.2. The Morgan fingerprint density at radius 1 is 1.57 bits per heavy atom. The number of ether oxygens (including phenoxy) is 1. The highest BCUT2D eigenvalue weighted by Crippen LogP contribution is 2.32. The van der Waals surface area contributed by atoms with Crippen LogP contribution in [0.3, 0.4) is 0 Å². The van der Waals surface area contributed by atoms with Gasteiger partial charge in [-0.25, -0.2) is 9.86 Å². The quantitative estimate of drug-likeness (QED) is 0.610. The van der Waals surface area contributed by atoms with Crippen LogP contribution in [-0.2, 0) is 9.53 Å². The standard InChI is InChI=1S/C13H19N3O5/c1-4-10-9(16(20)8(3)17)5-11(21-10)15-6-7(2)12(18)14-13(15)19/h6,9-11,20H,4-5H2,1-3H3,(H,14,18,19)/t9-,10+,11+/m0/s1. The lowest BCUT2D eigenvalue weighted by Gasteiger charge is -2.23. The monoisotopic (exact) mass is 297 g/mol. The third kappa shape index (κ3) is 2.91. The van der Waals surface area contributed by atoms with Gasteiger partial charge in [0.25, 0.3) is 5.56 Å². The molecule has 0 spiro atoms. The minimum absolute atomic E-state index is 0.278. The normalized spacial score (nSPS) is 25.0. The van der Waals surface area contributed by atoms with E-state index in [0.29, 0.717) is 17.0 Å². The SMILES string of the molecule is CC[C@H]1O[C@@H](n2cc(C)c(=O)[nH]c2=O)C[C@@H]1N(O)C(C)=O. The molecule has 8 nitrogen and oxygen atoms in total. The van der Waals surface area contributed by atoms with Gasteiger partial charge in [-0.1, -0.05) is 6.92 Å². The first-order valence-corrected chi connectivity index (χ1v) is 6.81. The van der Waals surface area contributed by atoms with E-state index in [1.54, 1.807) is 6.92 Å². The van der Waals surface area contributed by atoms with Crippen molar-refractivity contribution in [2.45, 2.75) is 52.0 Å². The average Bonchev–Trinajstić information content (AvgIpc) is 2.85. The van der Waals surface area contributed by atoms with Crippen molar-refractivity contribution < 1.29 is 14.7 Å². The van der Waals surface area contributed by atoms with Crippen LogP contribution in [-0.4, -0.2) is 37.9 Å².